The molecule has 0 saturated heterocycles. The summed E-state index contributed by atoms with van der Waals surface area (Å²) < 4.78 is 28.4. The first-order chi connectivity index (χ1) is 16.0. The van der Waals surface area contributed by atoms with Crippen LogP contribution in [0.5, 0.6) is 0 Å². The molecule has 5 rings (SSSR count). The number of thiophene rings is 1. The topological polar surface area (TPSA) is 102 Å². The summed E-state index contributed by atoms with van der Waals surface area (Å²) in [4.78, 5) is 31.1. The fourth-order valence-corrected chi connectivity index (χ4v) is 6.08. The van der Waals surface area contributed by atoms with Crippen LogP contribution < -0.4 is 11.1 Å². The largest absolute Gasteiger partial charge is 0.365 e. The molecule has 3 aromatic heterocycles. The zero-order chi connectivity index (χ0) is 24.4. The van der Waals surface area contributed by atoms with Gasteiger partial charge in [0.05, 0.1) is 11.8 Å². The van der Waals surface area contributed by atoms with Crippen LogP contribution in [0.25, 0.3) is 5.65 Å². The van der Waals surface area contributed by atoms with E-state index in [0.29, 0.717) is 22.2 Å². The van der Waals surface area contributed by atoms with E-state index in [9.17, 15) is 18.4 Å². The summed E-state index contributed by atoms with van der Waals surface area (Å²) in [5, 5.41) is 7.21. The third kappa shape index (κ3) is 3.97. The number of halogens is 2. The summed E-state index contributed by atoms with van der Waals surface area (Å²) in [6.45, 7) is 6.61. The van der Waals surface area contributed by atoms with Gasteiger partial charge in [-0.25, -0.2) is 18.3 Å². The predicted octanol–water partition coefficient (Wildman–Crippen LogP) is 5.11. The standard InChI is InChI=1S/C24H27F2N5O2S/c1-24(2,3)12-6-7-13-17(8-12)34-23(18(13)20(27)32)30-22(33)14-10-28-31-16(19(25)26)9-15(11-4-5-11)29-21(14)31/h9-12,19H,4-8H2,1-3H3,(H2,27,32)(H,30,33). The van der Waals surface area contributed by atoms with Gasteiger partial charge in [-0.3, -0.25) is 9.59 Å². The molecule has 0 bridgehead atoms. The van der Waals surface area contributed by atoms with Crippen LogP contribution in [0.1, 0.15) is 94.9 Å². The minimum atomic E-state index is -2.75. The Morgan fingerprint density at radius 3 is 2.62 bits per heavy atom. The molecule has 180 valence electrons. The highest BCUT2D eigenvalue weighted by atomic mass is 32.1. The number of hydrogen-bond donors (Lipinski definition) is 2. The number of rotatable bonds is 5. The van der Waals surface area contributed by atoms with Gasteiger partial charge in [-0.15, -0.1) is 11.3 Å². The lowest BCUT2D eigenvalue weighted by Crippen LogP contribution is -2.27. The van der Waals surface area contributed by atoms with E-state index in [1.807, 2.05) is 0 Å². The number of carbonyl (C=O) groups is 2. The zero-order valence-corrected chi connectivity index (χ0v) is 20.1. The van der Waals surface area contributed by atoms with E-state index >= 15 is 0 Å². The number of anilines is 1. The van der Waals surface area contributed by atoms with Crippen molar-refractivity contribution < 1.29 is 18.4 Å². The lowest BCUT2D eigenvalue weighted by atomic mass is 9.72. The summed E-state index contributed by atoms with van der Waals surface area (Å²) in [5.41, 5.74) is 7.52. The minimum absolute atomic E-state index is 0.0822. The third-order valence-corrected chi connectivity index (χ3v) is 8.12. The van der Waals surface area contributed by atoms with E-state index in [1.54, 1.807) is 0 Å². The van der Waals surface area contributed by atoms with Gasteiger partial charge < -0.3 is 11.1 Å². The average Bonchev–Trinajstić information content (AvgIpc) is 3.41. The Labute approximate surface area is 199 Å². The first-order valence-electron chi connectivity index (χ1n) is 11.5. The molecule has 1 atom stereocenters. The molecule has 1 saturated carbocycles. The molecule has 7 nitrogen and oxygen atoms in total. The van der Waals surface area contributed by atoms with Crippen molar-refractivity contribution in [3.8, 4) is 0 Å². The molecule has 10 heteroatoms. The fraction of sp³-hybridized carbons (Fsp3) is 0.500. The number of aromatic nitrogens is 3. The Morgan fingerprint density at radius 1 is 1.26 bits per heavy atom. The van der Waals surface area contributed by atoms with Crippen molar-refractivity contribution in [2.24, 2.45) is 17.1 Å². The summed E-state index contributed by atoms with van der Waals surface area (Å²) in [7, 11) is 0. The fourth-order valence-electron chi connectivity index (χ4n) is 4.75. The summed E-state index contributed by atoms with van der Waals surface area (Å²) in [6.07, 6.45) is 2.76. The monoisotopic (exact) mass is 487 g/mol. The zero-order valence-electron chi connectivity index (χ0n) is 19.3. The van der Waals surface area contributed by atoms with Crippen LogP contribution in [0.15, 0.2) is 12.3 Å². The lowest BCUT2D eigenvalue weighted by Gasteiger charge is -2.33. The number of nitrogens with zero attached hydrogens (tertiary/aromatic N) is 3. The number of alkyl halides is 2. The van der Waals surface area contributed by atoms with Crippen LogP contribution in [-0.2, 0) is 12.8 Å². The van der Waals surface area contributed by atoms with Gasteiger partial charge in [0, 0.05) is 16.5 Å². The molecule has 2 aliphatic carbocycles. The molecule has 3 N–H and O–H groups in total. The first kappa shape index (κ1) is 22.9. The smallest absolute Gasteiger partial charge is 0.280 e. The number of nitrogens with two attached hydrogens (primary N) is 1. The summed E-state index contributed by atoms with van der Waals surface area (Å²) >= 11 is 1.37. The Kier molecular flexibility index (Phi) is 5.46. The van der Waals surface area contributed by atoms with E-state index < -0.39 is 18.2 Å². The van der Waals surface area contributed by atoms with Gasteiger partial charge in [0.1, 0.15) is 16.3 Å². The van der Waals surface area contributed by atoms with Crippen LogP contribution in [0, 0.1) is 11.3 Å². The SMILES string of the molecule is CC(C)(C)C1CCc2c(sc(NC(=O)c3cnn4c(C(F)F)cc(C5CC5)nc34)c2C(N)=O)C1. The molecule has 34 heavy (non-hydrogen) atoms. The van der Waals surface area contributed by atoms with Crippen molar-refractivity contribution in [3.63, 3.8) is 0 Å². The predicted molar refractivity (Wildman–Crippen MR) is 126 cm³/mol. The van der Waals surface area contributed by atoms with Crippen molar-refractivity contribution in [3.05, 3.63) is 45.2 Å². The average molecular weight is 488 g/mol. The molecule has 0 aliphatic heterocycles. The Hall–Kier alpha value is -2.88. The number of amides is 2. The molecule has 3 aromatic rings. The third-order valence-electron chi connectivity index (χ3n) is 6.95. The highest BCUT2D eigenvalue weighted by Gasteiger charge is 2.34. The van der Waals surface area contributed by atoms with Crippen molar-refractivity contribution in [1.29, 1.82) is 0 Å². The number of primary amides is 1. The lowest BCUT2D eigenvalue weighted by molar-refractivity contribution is 0.1000. The highest BCUT2D eigenvalue weighted by Crippen LogP contribution is 2.44. The van der Waals surface area contributed by atoms with E-state index in [-0.39, 0.29) is 28.2 Å². The number of nitrogens with one attached hydrogen (secondary N) is 1. The second-order valence-corrected chi connectivity index (χ2v) is 11.4. The molecule has 0 aromatic carbocycles. The number of carbonyl (C=O) groups excluding carboxylic acids is 2. The van der Waals surface area contributed by atoms with Gasteiger partial charge in [-0.1, -0.05) is 20.8 Å². The van der Waals surface area contributed by atoms with Gasteiger partial charge in [0.15, 0.2) is 5.65 Å². The van der Waals surface area contributed by atoms with E-state index in [4.69, 9.17) is 5.73 Å². The maximum Gasteiger partial charge on any atom is 0.280 e. The van der Waals surface area contributed by atoms with Crippen LogP contribution >= 0.6 is 11.3 Å². The van der Waals surface area contributed by atoms with Crippen LogP contribution in [0.4, 0.5) is 13.8 Å². The van der Waals surface area contributed by atoms with Crippen molar-refractivity contribution in [2.45, 2.75) is 65.2 Å². The first-order valence-corrected chi connectivity index (χ1v) is 12.3. The van der Waals surface area contributed by atoms with Crippen molar-refractivity contribution in [1.82, 2.24) is 14.6 Å². The molecule has 3 heterocycles. The molecular weight excluding hydrogens is 460 g/mol. The van der Waals surface area contributed by atoms with Gasteiger partial charge in [0.2, 0.25) is 0 Å². The van der Waals surface area contributed by atoms with Gasteiger partial charge in [-0.05, 0) is 55.1 Å². The molecule has 1 unspecified atom stereocenters. The number of fused-ring (bicyclic) bond motifs is 2. The molecule has 0 spiro atoms. The van der Waals surface area contributed by atoms with Crippen LogP contribution in [0.2, 0.25) is 0 Å². The Balaban J connectivity index is 1.51. The maximum atomic E-state index is 13.7. The van der Waals surface area contributed by atoms with Gasteiger partial charge in [-0.2, -0.15) is 5.10 Å². The van der Waals surface area contributed by atoms with E-state index in [1.165, 1.54) is 23.6 Å². The summed E-state index contributed by atoms with van der Waals surface area (Å²) in [5.74, 6) is -0.546. The molecule has 2 amide bonds. The quantitative estimate of drug-likeness (QED) is 0.522. The Morgan fingerprint density at radius 2 is 2.00 bits per heavy atom. The van der Waals surface area contributed by atoms with E-state index in [2.05, 4.69) is 36.2 Å². The van der Waals surface area contributed by atoms with E-state index in [0.717, 1.165) is 47.1 Å². The summed E-state index contributed by atoms with van der Waals surface area (Å²) in [6, 6.07) is 1.37. The molecule has 1 fully saturated rings. The number of hydrogen-bond acceptors (Lipinski definition) is 5. The molecule has 0 radical (unpaired) electrons. The van der Waals surface area contributed by atoms with Gasteiger partial charge in [0.25, 0.3) is 18.2 Å². The highest BCUT2D eigenvalue weighted by molar-refractivity contribution is 7.17. The van der Waals surface area contributed by atoms with Crippen molar-refractivity contribution in [2.75, 3.05) is 5.32 Å². The van der Waals surface area contributed by atoms with Gasteiger partial charge >= 0.3 is 0 Å². The molecular formula is C24H27F2N5O2S. The second-order valence-electron chi connectivity index (χ2n) is 10.3. The maximum absolute atomic E-state index is 13.7. The van der Waals surface area contributed by atoms with Crippen LogP contribution in [-0.4, -0.2) is 26.4 Å². The Bertz CT molecular complexity index is 1300. The normalized spacial score (nSPS) is 18.4. The van der Waals surface area contributed by atoms with Crippen molar-refractivity contribution >= 4 is 33.8 Å². The minimum Gasteiger partial charge on any atom is -0.365 e. The van der Waals surface area contributed by atoms with Crippen LogP contribution in [0.3, 0.4) is 0 Å². The molecule has 2 aliphatic rings. The second kappa shape index (κ2) is 8.11.